The largest absolute Gasteiger partial charge is 0.481 e. The standard InChI is InChI=1S/C8H11NO2S2/c1-2-7-9-6(4-13-7)3-12-5-8(10)11/h4H,2-3,5H2,1H3,(H,10,11). The van der Waals surface area contributed by atoms with Crippen molar-refractivity contribution in [3.63, 3.8) is 0 Å². The summed E-state index contributed by atoms with van der Waals surface area (Å²) in [7, 11) is 0. The average molecular weight is 217 g/mol. The van der Waals surface area contributed by atoms with E-state index in [1.165, 1.54) is 11.8 Å². The summed E-state index contributed by atoms with van der Waals surface area (Å²) in [6.45, 7) is 2.06. The number of aryl methyl sites for hydroxylation is 1. The Morgan fingerprint density at radius 1 is 1.77 bits per heavy atom. The third kappa shape index (κ3) is 3.78. The number of thiazole rings is 1. The third-order valence-corrected chi connectivity index (χ3v) is 3.37. The first-order chi connectivity index (χ1) is 6.22. The fourth-order valence-electron chi connectivity index (χ4n) is 0.821. The molecule has 0 aliphatic heterocycles. The number of nitrogens with zero attached hydrogens (tertiary/aromatic N) is 1. The lowest BCUT2D eigenvalue weighted by Crippen LogP contribution is -1.98. The van der Waals surface area contributed by atoms with Gasteiger partial charge in [0, 0.05) is 11.1 Å². The molecule has 0 aromatic carbocycles. The molecule has 0 bridgehead atoms. The van der Waals surface area contributed by atoms with E-state index in [0.29, 0.717) is 5.75 Å². The lowest BCUT2D eigenvalue weighted by atomic mass is 10.5. The van der Waals surface area contributed by atoms with Crippen LogP contribution >= 0.6 is 23.1 Å². The van der Waals surface area contributed by atoms with Gasteiger partial charge >= 0.3 is 5.97 Å². The number of carbonyl (C=O) groups is 1. The van der Waals surface area contributed by atoms with E-state index in [9.17, 15) is 4.79 Å². The van der Waals surface area contributed by atoms with Gasteiger partial charge in [0.15, 0.2) is 0 Å². The van der Waals surface area contributed by atoms with Crippen LogP contribution in [0.1, 0.15) is 17.6 Å². The molecule has 1 aromatic rings. The molecule has 0 aliphatic rings. The molecule has 0 saturated carbocycles. The average Bonchev–Trinajstić information content (AvgIpc) is 2.52. The van der Waals surface area contributed by atoms with Crippen molar-refractivity contribution in [1.29, 1.82) is 0 Å². The van der Waals surface area contributed by atoms with Crippen molar-refractivity contribution in [2.75, 3.05) is 5.75 Å². The second kappa shape index (κ2) is 5.24. The Morgan fingerprint density at radius 3 is 3.08 bits per heavy atom. The van der Waals surface area contributed by atoms with Gasteiger partial charge in [-0.25, -0.2) is 4.98 Å². The van der Waals surface area contributed by atoms with Gasteiger partial charge in [-0.15, -0.1) is 23.1 Å². The molecular weight excluding hydrogens is 206 g/mol. The quantitative estimate of drug-likeness (QED) is 0.819. The highest BCUT2D eigenvalue weighted by Gasteiger charge is 2.02. The number of aromatic nitrogens is 1. The topological polar surface area (TPSA) is 50.2 Å². The predicted molar refractivity (Wildman–Crippen MR) is 55.3 cm³/mol. The van der Waals surface area contributed by atoms with Crippen LogP contribution in [-0.2, 0) is 17.0 Å². The zero-order chi connectivity index (χ0) is 9.68. The first kappa shape index (κ1) is 10.5. The van der Waals surface area contributed by atoms with E-state index >= 15 is 0 Å². The highest BCUT2D eigenvalue weighted by molar-refractivity contribution is 7.99. The molecule has 1 N–H and O–H groups in total. The maximum atomic E-state index is 10.2. The summed E-state index contributed by atoms with van der Waals surface area (Å²) in [6, 6.07) is 0. The van der Waals surface area contributed by atoms with Crippen LogP contribution in [-0.4, -0.2) is 21.8 Å². The zero-order valence-electron chi connectivity index (χ0n) is 7.32. The number of carboxylic acid groups (broad SMARTS) is 1. The van der Waals surface area contributed by atoms with Crippen LogP contribution in [0.2, 0.25) is 0 Å². The van der Waals surface area contributed by atoms with E-state index in [1.54, 1.807) is 11.3 Å². The minimum atomic E-state index is -0.768. The third-order valence-electron chi connectivity index (χ3n) is 1.38. The van der Waals surface area contributed by atoms with Crippen molar-refractivity contribution in [2.45, 2.75) is 19.1 Å². The number of thioether (sulfide) groups is 1. The fourth-order valence-corrected chi connectivity index (χ4v) is 2.30. The molecule has 72 valence electrons. The van der Waals surface area contributed by atoms with E-state index in [2.05, 4.69) is 11.9 Å². The van der Waals surface area contributed by atoms with Crippen LogP contribution in [0, 0.1) is 0 Å². The van der Waals surface area contributed by atoms with Crippen LogP contribution in [0.4, 0.5) is 0 Å². The molecule has 0 atom stereocenters. The Hall–Kier alpha value is -0.550. The summed E-state index contributed by atoms with van der Waals surface area (Å²) >= 11 is 3.02. The highest BCUT2D eigenvalue weighted by atomic mass is 32.2. The summed E-state index contributed by atoms with van der Waals surface area (Å²) in [5.74, 6) is 0.0813. The van der Waals surface area contributed by atoms with Crippen molar-refractivity contribution in [1.82, 2.24) is 4.98 Å². The molecule has 5 heteroatoms. The van der Waals surface area contributed by atoms with Gasteiger partial charge < -0.3 is 5.11 Å². The molecule has 13 heavy (non-hydrogen) atoms. The van der Waals surface area contributed by atoms with Gasteiger partial charge in [-0.3, -0.25) is 4.79 Å². The summed E-state index contributed by atoms with van der Waals surface area (Å²) in [5, 5.41) is 11.5. The Kier molecular flexibility index (Phi) is 4.24. The fraction of sp³-hybridized carbons (Fsp3) is 0.500. The van der Waals surface area contributed by atoms with E-state index in [4.69, 9.17) is 5.11 Å². The first-order valence-corrected chi connectivity index (χ1v) is 5.98. The molecule has 0 amide bonds. The van der Waals surface area contributed by atoms with Crippen molar-refractivity contribution in [3.8, 4) is 0 Å². The molecule has 1 aromatic heterocycles. The summed E-state index contributed by atoms with van der Waals surface area (Å²) in [5.41, 5.74) is 0.994. The van der Waals surface area contributed by atoms with Gasteiger partial charge in [0.05, 0.1) is 16.5 Å². The molecule has 0 unspecified atom stereocenters. The Morgan fingerprint density at radius 2 is 2.54 bits per heavy atom. The van der Waals surface area contributed by atoms with Gasteiger partial charge in [0.1, 0.15) is 0 Å². The molecular formula is C8H11NO2S2. The van der Waals surface area contributed by atoms with Crippen LogP contribution < -0.4 is 0 Å². The van der Waals surface area contributed by atoms with Gasteiger partial charge in [-0.2, -0.15) is 0 Å². The Labute approximate surface area is 85.2 Å². The van der Waals surface area contributed by atoms with Gasteiger partial charge in [0.2, 0.25) is 0 Å². The van der Waals surface area contributed by atoms with Crippen molar-refractivity contribution in [2.24, 2.45) is 0 Å². The van der Waals surface area contributed by atoms with Crippen LogP contribution in [0.25, 0.3) is 0 Å². The second-order valence-corrected chi connectivity index (χ2v) is 4.40. The van der Waals surface area contributed by atoms with Gasteiger partial charge in [-0.05, 0) is 6.42 Å². The summed E-state index contributed by atoms with van der Waals surface area (Å²) < 4.78 is 0. The van der Waals surface area contributed by atoms with Crippen molar-refractivity contribution >= 4 is 29.1 Å². The molecule has 0 fully saturated rings. The number of hydrogen-bond acceptors (Lipinski definition) is 4. The minimum Gasteiger partial charge on any atom is -0.481 e. The van der Waals surface area contributed by atoms with Crippen LogP contribution in [0.5, 0.6) is 0 Å². The molecule has 1 heterocycles. The molecule has 1 rings (SSSR count). The molecule has 0 saturated heterocycles. The lowest BCUT2D eigenvalue weighted by Gasteiger charge is -1.93. The zero-order valence-corrected chi connectivity index (χ0v) is 8.95. The van der Waals surface area contributed by atoms with E-state index in [1.807, 2.05) is 5.38 Å². The number of aliphatic carboxylic acids is 1. The smallest absolute Gasteiger partial charge is 0.313 e. The van der Waals surface area contributed by atoms with E-state index in [0.717, 1.165) is 17.1 Å². The monoisotopic (exact) mass is 217 g/mol. The van der Waals surface area contributed by atoms with Crippen LogP contribution in [0.3, 0.4) is 0 Å². The summed E-state index contributed by atoms with van der Waals surface area (Å²) in [4.78, 5) is 14.5. The maximum absolute atomic E-state index is 10.2. The summed E-state index contributed by atoms with van der Waals surface area (Å²) in [6.07, 6.45) is 0.953. The first-order valence-electron chi connectivity index (χ1n) is 3.95. The van der Waals surface area contributed by atoms with Gasteiger partial charge in [0.25, 0.3) is 0 Å². The van der Waals surface area contributed by atoms with Crippen molar-refractivity contribution in [3.05, 3.63) is 16.1 Å². The Balaban J connectivity index is 2.32. The number of rotatable bonds is 5. The highest BCUT2D eigenvalue weighted by Crippen LogP contribution is 2.15. The maximum Gasteiger partial charge on any atom is 0.313 e. The Bertz CT molecular complexity index is 285. The number of carboxylic acids is 1. The normalized spacial score (nSPS) is 10.2. The molecule has 0 aliphatic carbocycles. The SMILES string of the molecule is CCc1nc(CSCC(=O)O)cs1. The predicted octanol–water partition coefficient (Wildman–Crippen LogP) is 2.02. The molecule has 0 radical (unpaired) electrons. The molecule has 0 spiro atoms. The van der Waals surface area contributed by atoms with Crippen molar-refractivity contribution < 1.29 is 9.90 Å². The van der Waals surface area contributed by atoms with E-state index in [-0.39, 0.29) is 5.75 Å². The lowest BCUT2D eigenvalue weighted by molar-refractivity contribution is -0.133. The second-order valence-electron chi connectivity index (χ2n) is 2.47. The minimum absolute atomic E-state index is 0.152. The van der Waals surface area contributed by atoms with Crippen LogP contribution in [0.15, 0.2) is 5.38 Å². The van der Waals surface area contributed by atoms with E-state index < -0.39 is 5.97 Å². The van der Waals surface area contributed by atoms with Gasteiger partial charge in [-0.1, -0.05) is 6.92 Å². The molecule has 3 nitrogen and oxygen atoms in total. The number of hydrogen-bond donors (Lipinski definition) is 1.